The molecule has 7 heteroatoms. The van der Waals surface area contributed by atoms with Crippen LogP contribution >= 0.6 is 0 Å². The van der Waals surface area contributed by atoms with Crippen LogP contribution in [0.3, 0.4) is 0 Å². The summed E-state index contributed by atoms with van der Waals surface area (Å²) >= 11 is 0. The summed E-state index contributed by atoms with van der Waals surface area (Å²) in [5.74, 6) is -0.947. The third-order valence-electron chi connectivity index (χ3n) is 5.30. The average molecular weight is 407 g/mol. The van der Waals surface area contributed by atoms with Crippen LogP contribution in [0.25, 0.3) is 0 Å². The van der Waals surface area contributed by atoms with Crippen LogP contribution in [0.2, 0.25) is 0 Å². The molecule has 2 atom stereocenters. The Morgan fingerprint density at radius 1 is 1.21 bits per heavy atom. The summed E-state index contributed by atoms with van der Waals surface area (Å²) in [6.45, 7) is 3.50. The molecular formula is C22H34N2O5. The van der Waals surface area contributed by atoms with Gasteiger partial charge in [-0.3, -0.25) is 14.9 Å². The van der Waals surface area contributed by atoms with Crippen LogP contribution in [-0.2, 0) is 25.5 Å². The zero-order valence-corrected chi connectivity index (χ0v) is 17.5. The molecule has 0 unspecified atom stereocenters. The largest absolute Gasteiger partial charge is 0.480 e. The van der Waals surface area contributed by atoms with Gasteiger partial charge in [0, 0.05) is 20.2 Å². The van der Waals surface area contributed by atoms with Gasteiger partial charge in [0.1, 0.15) is 12.8 Å². The molecule has 0 aromatic heterocycles. The Morgan fingerprint density at radius 2 is 1.90 bits per heavy atom. The molecule has 2 N–H and O–H groups in total. The van der Waals surface area contributed by atoms with Gasteiger partial charge in [-0.25, -0.2) is 0 Å². The number of benzene rings is 1. The highest BCUT2D eigenvalue weighted by Crippen LogP contribution is 2.17. The number of piperidine rings is 1. The summed E-state index contributed by atoms with van der Waals surface area (Å²) in [5.41, 5.74) is 1.01. The fourth-order valence-corrected chi connectivity index (χ4v) is 3.62. The first-order valence-corrected chi connectivity index (χ1v) is 10.5. The Balaban J connectivity index is 2.05. The van der Waals surface area contributed by atoms with E-state index in [1.54, 1.807) is 7.11 Å². The Morgan fingerprint density at radius 3 is 2.48 bits per heavy atom. The summed E-state index contributed by atoms with van der Waals surface area (Å²) in [7, 11) is 1.59. The standard InChI is InChI=1S/C22H34N2O5/c1-3-4-10-19(22(26)27)23-20(15-17-8-6-5-7-9-17)21(25)24-13-11-18(12-14-24)29-16-28-2/h5-9,18-20,23H,3-4,10-16H2,1-2H3,(H,26,27)/t19-,20-/m0/s1. The van der Waals surface area contributed by atoms with Crippen LogP contribution in [0.4, 0.5) is 0 Å². The van der Waals surface area contributed by atoms with E-state index in [0.717, 1.165) is 31.2 Å². The molecule has 1 fully saturated rings. The molecule has 1 aromatic rings. The van der Waals surface area contributed by atoms with E-state index in [-0.39, 0.29) is 18.8 Å². The van der Waals surface area contributed by atoms with E-state index in [0.29, 0.717) is 25.9 Å². The molecule has 1 amide bonds. The highest BCUT2D eigenvalue weighted by Gasteiger charge is 2.31. The summed E-state index contributed by atoms with van der Waals surface area (Å²) < 4.78 is 10.6. The van der Waals surface area contributed by atoms with Gasteiger partial charge in [-0.1, -0.05) is 50.1 Å². The van der Waals surface area contributed by atoms with Gasteiger partial charge in [-0.05, 0) is 31.2 Å². The van der Waals surface area contributed by atoms with Crippen molar-refractivity contribution in [1.82, 2.24) is 10.2 Å². The second-order valence-electron chi connectivity index (χ2n) is 7.54. The molecule has 162 valence electrons. The summed E-state index contributed by atoms with van der Waals surface area (Å²) in [4.78, 5) is 26.8. The van der Waals surface area contributed by atoms with Gasteiger partial charge >= 0.3 is 5.97 Å². The third kappa shape index (κ3) is 7.76. The van der Waals surface area contributed by atoms with Crippen LogP contribution < -0.4 is 5.32 Å². The number of unbranched alkanes of at least 4 members (excludes halogenated alkanes) is 1. The number of amides is 1. The van der Waals surface area contributed by atoms with Crippen molar-refractivity contribution in [3.8, 4) is 0 Å². The quantitative estimate of drug-likeness (QED) is 0.519. The number of carboxylic acid groups (broad SMARTS) is 1. The second-order valence-corrected chi connectivity index (χ2v) is 7.54. The lowest BCUT2D eigenvalue weighted by Crippen LogP contribution is -2.54. The lowest BCUT2D eigenvalue weighted by molar-refractivity contribution is -0.142. The molecule has 1 aliphatic heterocycles. The molecule has 0 aliphatic carbocycles. The molecule has 0 bridgehead atoms. The zero-order chi connectivity index (χ0) is 21.1. The number of ether oxygens (including phenoxy) is 2. The predicted octanol–water partition coefficient (Wildman–Crippen LogP) is 2.44. The van der Waals surface area contributed by atoms with Crippen molar-refractivity contribution in [2.45, 2.75) is 63.6 Å². The van der Waals surface area contributed by atoms with Crippen LogP contribution in [-0.4, -0.2) is 67.1 Å². The van der Waals surface area contributed by atoms with Crippen LogP contribution in [0.15, 0.2) is 30.3 Å². The number of carbonyl (C=O) groups is 2. The van der Waals surface area contributed by atoms with Gasteiger partial charge in [-0.2, -0.15) is 0 Å². The van der Waals surface area contributed by atoms with Crippen molar-refractivity contribution in [2.75, 3.05) is 27.0 Å². The number of aliphatic carboxylic acids is 1. The van der Waals surface area contributed by atoms with Crippen LogP contribution in [0.5, 0.6) is 0 Å². The first-order valence-electron chi connectivity index (χ1n) is 10.5. The number of likely N-dealkylation sites (tertiary alicyclic amines) is 1. The second kappa shape index (κ2) is 12.6. The van der Waals surface area contributed by atoms with Crippen molar-refractivity contribution in [3.05, 3.63) is 35.9 Å². The normalized spacial score (nSPS) is 17.1. The van der Waals surface area contributed by atoms with Gasteiger partial charge in [0.15, 0.2) is 0 Å². The molecule has 1 aromatic carbocycles. The minimum atomic E-state index is -0.906. The average Bonchev–Trinajstić information content (AvgIpc) is 2.74. The minimum absolute atomic E-state index is 0.0400. The van der Waals surface area contributed by atoms with Crippen molar-refractivity contribution in [3.63, 3.8) is 0 Å². The van der Waals surface area contributed by atoms with Crippen molar-refractivity contribution >= 4 is 11.9 Å². The molecular weight excluding hydrogens is 372 g/mol. The number of hydrogen-bond acceptors (Lipinski definition) is 5. The number of nitrogens with one attached hydrogen (secondary N) is 1. The highest BCUT2D eigenvalue weighted by molar-refractivity contribution is 5.83. The van der Waals surface area contributed by atoms with Gasteiger partial charge in [0.25, 0.3) is 0 Å². The first kappa shape index (κ1) is 23.3. The fraction of sp³-hybridized carbons (Fsp3) is 0.636. The van der Waals surface area contributed by atoms with E-state index >= 15 is 0 Å². The van der Waals surface area contributed by atoms with Gasteiger partial charge in [-0.15, -0.1) is 0 Å². The summed E-state index contributed by atoms with van der Waals surface area (Å²) in [6, 6.07) is 8.44. The predicted molar refractivity (Wildman–Crippen MR) is 111 cm³/mol. The molecule has 1 saturated heterocycles. The molecule has 7 nitrogen and oxygen atoms in total. The highest BCUT2D eigenvalue weighted by atomic mass is 16.7. The molecule has 0 saturated carbocycles. The molecule has 0 spiro atoms. The third-order valence-corrected chi connectivity index (χ3v) is 5.30. The van der Waals surface area contributed by atoms with Gasteiger partial charge in [0.2, 0.25) is 5.91 Å². The minimum Gasteiger partial charge on any atom is -0.480 e. The number of methoxy groups -OCH3 is 1. The molecule has 1 aliphatic rings. The number of hydrogen-bond donors (Lipinski definition) is 2. The zero-order valence-electron chi connectivity index (χ0n) is 17.5. The monoisotopic (exact) mass is 406 g/mol. The van der Waals surface area contributed by atoms with Crippen LogP contribution in [0.1, 0.15) is 44.6 Å². The Bertz CT molecular complexity index is 617. The smallest absolute Gasteiger partial charge is 0.320 e. The van der Waals surface area contributed by atoms with Crippen LogP contribution in [0, 0.1) is 0 Å². The molecule has 0 radical (unpaired) electrons. The molecule has 1 heterocycles. The summed E-state index contributed by atoms with van der Waals surface area (Å²) in [5, 5.41) is 12.7. The van der Waals surface area contributed by atoms with E-state index < -0.39 is 18.1 Å². The van der Waals surface area contributed by atoms with E-state index in [4.69, 9.17) is 9.47 Å². The topological polar surface area (TPSA) is 88.1 Å². The maximum atomic E-state index is 13.3. The number of carboxylic acids is 1. The first-order chi connectivity index (χ1) is 14.0. The van der Waals surface area contributed by atoms with E-state index in [1.807, 2.05) is 42.2 Å². The maximum Gasteiger partial charge on any atom is 0.320 e. The molecule has 29 heavy (non-hydrogen) atoms. The van der Waals surface area contributed by atoms with E-state index in [9.17, 15) is 14.7 Å². The van der Waals surface area contributed by atoms with Gasteiger partial charge < -0.3 is 19.5 Å². The molecule has 2 rings (SSSR count). The number of carbonyl (C=O) groups excluding carboxylic acids is 1. The SMILES string of the molecule is CCCC[C@H](N[C@@H](Cc1ccccc1)C(=O)N1CCC(OCOC)CC1)C(=O)O. The maximum absolute atomic E-state index is 13.3. The Kier molecular flexibility index (Phi) is 10.1. The number of nitrogens with zero attached hydrogens (tertiary/aromatic N) is 1. The van der Waals surface area contributed by atoms with Crippen molar-refractivity contribution in [2.24, 2.45) is 0 Å². The number of rotatable bonds is 12. The Hall–Kier alpha value is -1.96. The van der Waals surface area contributed by atoms with Crippen molar-refractivity contribution < 1.29 is 24.2 Å². The van der Waals surface area contributed by atoms with E-state index in [2.05, 4.69) is 5.32 Å². The van der Waals surface area contributed by atoms with Gasteiger partial charge in [0.05, 0.1) is 12.1 Å². The lowest BCUT2D eigenvalue weighted by atomic mass is 10.0. The lowest BCUT2D eigenvalue weighted by Gasteiger charge is -2.35. The van der Waals surface area contributed by atoms with E-state index in [1.165, 1.54) is 0 Å². The summed E-state index contributed by atoms with van der Waals surface area (Å²) in [6.07, 6.45) is 4.30. The van der Waals surface area contributed by atoms with Crippen molar-refractivity contribution in [1.29, 1.82) is 0 Å². The fourth-order valence-electron chi connectivity index (χ4n) is 3.62. The Labute approximate surface area is 173 Å².